The summed E-state index contributed by atoms with van der Waals surface area (Å²) in [5.41, 5.74) is 9.82. The van der Waals surface area contributed by atoms with Crippen LogP contribution in [0.3, 0.4) is 0 Å². The summed E-state index contributed by atoms with van der Waals surface area (Å²) in [5, 5.41) is 11.6. The zero-order valence-corrected chi connectivity index (χ0v) is 17.1. The Bertz CT molecular complexity index is 839. The smallest absolute Gasteiger partial charge is 0.315 e. The van der Waals surface area contributed by atoms with Crippen LogP contribution in [0, 0.1) is 37.8 Å². The minimum Gasteiger partial charge on any atom is -0.493 e. The molecule has 0 aliphatic heterocycles. The molecule has 2 aromatic carbocycles. The predicted octanol–water partition coefficient (Wildman–Crippen LogP) is 5.42. The van der Waals surface area contributed by atoms with E-state index >= 15 is 0 Å². The van der Waals surface area contributed by atoms with Gasteiger partial charge in [-0.15, -0.1) is 0 Å². The first kappa shape index (κ1) is 21.9. The number of anilines is 1. The lowest BCUT2D eigenvalue weighted by Crippen LogP contribution is -1.99. The molecule has 0 amide bonds. The van der Waals surface area contributed by atoms with Gasteiger partial charge in [-0.05, 0) is 56.5 Å². The van der Waals surface area contributed by atoms with E-state index in [1.165, 1.54) is 7.11 Å². The van der Waals surface area contributed by atoms with Crippen molar-refractivity contribution in [3.05, 3.63) is 54.5 Å². The van der Waals surface area contributed by atoms with Crippen LogP contribution in [0.5, 0.6) is 11.5 Å². The Morgan fingerprint density at radius 1 is 0.923 bits per heavy atom. The average molecular weight is 401 g/mol. The fourth-order valence-electron chi connectivity index (χ4n) is 2.33. The Morgan fingerprint density at radius 2 is 1.35 bits per heavy atom. The molecule has 0 spiro atoms. The number of benzene rings is 2. The van der Waals surface area contributed by atoms with Crippen LogP contribution in [0.25, 0.3) is 0 Å². The van der Waals surface area contributed by atoms with Crippen LogP contribution < -0.4 is 15.2 Å². The summed E-state index contributed by atoms with van der Waals surface area (Å²) in [6.07, 6.45) is 0. The third-order valence-corrected chi connectivity index (χ3v) is 4.67. The second-order valence-electron chi connectivity index (χ2n) is 5.69. The van der Waals surface area contributed by atoms with Gasteiger partial charge in [0.25, 0.3) is 0 Å². The van der Waals surface area contributed by atoms with E-state index in [9.17, 15) is 10.1 Å². The van der Waals surface area contributed by atoms with Crippen molar-refractivity contribution in [1.82, 2.24) is 0 Å². The van der Waals surface area contributed by atoms with Crippen molar-refractivity contribution in [2.24, 2.45) is 0 Å². The van der Waals surface area contributed by atoms with Gasteiger partial charge in [0.05, 0.1) is 34.9 Å². The summed E-state index contributed by atoms with van der Waals surface area (Å²) in [6.45, 7) is 7.36. The number of nitrogens with zero attached hydrogens (tertiary/aromatic N) is 1. The molecule has 8 heteroatoms. The van der Waals surface area contributed by atoms with Crippen molar-refractivity contribution in [1.29, 1.82) is 0 Å². The molecule has 0 saturated carbocycles. The monoisotopic (exact) mass is 400 g/mol. The van der Waals surface area contributed by atoms with Gasteiger partial charge >= 0.3 is 5.69 Å². The van der Waals surface area contributed by atoms with E-state index in [0.29, 0.717) is 22.0 Å². The molecule has 2 N–H and O–H groups in total. The van der Waals surface area contributed by atoms with Gasteiger partial charge in [0, 0.05) is 5.56 Å². The fourth-order valence-corrected chi connectivity index (χ4v) is 3.00. The molecule has 26 heavy (non-hydrogen) atoms. The molecule has 0 saturated heterocycles. The Hall–Kier alpha value is -2.18. The number of nitro benzene ring substituents is 1. The topological polar surface area (TPSA) is 87.6 Å². The second kappa shape index (κ2) is 8.96. The van der Waals surface area contributed by atoms with Gasteiger partial charge < -0.3 is 15.2 Å². The van der Waals surface area contributed by atoms with Gasteiger partial charge in [-0.1, -0.05) is 23.2 Å². The first-order valence-corrected chi connectivity index (χ1v) is 8.39. The number of hydrogen-bond donors (Lipinski definition) is 1. The maximum Gasteiger partial charge on any atom is 0.315 e. The minimum atomic E-state index is -0.479. The summed E-state index contributed by atoms with van der Waals surface area (Å²) in [4.78, 5) is 10.3. The third kappa shape index (κ3) is 4.51. The van der Waals surface area contributed by atoms with Crippen LogP contribution in [0.2, 0.25) is 10.0 Å². The summed E-state index contributed by atoms with van der Waals surface area (Å²) in [6, 6.07) is 3.51. The highest BCUT2D eigenvalue weighted by molar-refractivity contribution is 6.33. The van der Waals surface area contributed by atoms with E-state index in [1.54, 1.807) is 27.0 Å². The first-order chi connectivity index (χ1) is 12.1. The maximum atomic E-state index is 10.8. The molecular weight excluding hydrogens is 379 g/mol. The van der Waals surface area contributed by atoms with E-state index < -0.39 is 4.92 Å². The van der Waals surface area contributed by atoms with Gasteiger partial charge in [0.15, 0.2) is 5.75 Å². The molecular formula is C18H22Cl2N2O4. The first-order valence-electron chi connectivity index (χ1n) is 7.63. The number of nitro groups is 1. The molecule has 0 bridgehead atoms. The largest absolute Gasteiger partial charge is 0.493 e. The van der Waals surface area contributed by atoms with E-state index in [1.807, 2.05) is 19.9 Å². The van der Waals surface area contributed by atoms with Crippen molar-refractivity contribution < 1.29 is 14.4 Å². The van der Waals surface area contributed by atoms with E-state index in [-0.39, 0.29) is 16.5 Å². The number of rotatable bonds is 3. The van der Waals surface area contributed by atoms with Crippen molar-refractivity contribution in [3.8, 4) is 11.5 Å². The maximum absolute atomic E-state index is 10.8. The minimum absolute atomic E-state index is 0.0579. The van der Waals surface area contributed by atoms with Crippen LogP contribution in [0.4, 0.5) is 11.4 Å². The molecule has 0 radical (unpaired) electrons. The molecule has 0 heterocycles. The third-order valence-electron chi connectivity index (χ3n) is 4.11. The predicted molar refractivity (Wildman–Crippen MR) is 106 cm³/mol. The summed E-state index contributed by atoms with van der Waals surface area (Å²) >= 11 is 11.7. The zero-order chi connectivity index (χ0) is 20.2. The number of halogens is 2. The van der Waals surface area contributed by atoms with Gasteiger partial charge in [-0.25, -0.2) is 0 Å². The highest BCUT2D eigenvalue weighted by atomic mass is 35.5. The average Bonchev–Trinajstić information content (AvgIpc) is 2.56. The summed E-state index contributed by atoms with van der Waals surface area (Å²) in [5.74, 6) is 0.694. The molecule has 0 fully saturated rings. The molecule has 0 aliphatic rings. The Morgan fingerprint density at radius 3 is 1.77 bits per heavy atom. The standard InChI is InChI=1S/C9H10ClNO3.C9H12ClNO/c1-5-4-7(10)9(14-3)8(6(5)2)11(12)13;1-5-4-7(10)9(12-3)8(11)6(5)2/h4H,1-3H3;4H,11H2,1-3H3. The molecule has 0 unspecified atom stereocenters. The van der Waals surface area contributed by atoms with Crippen LogP contribution >= 0.6 is 23.2 Å². The molecule has 142 valence electrons. The van der Waals surface area contributed by atoms with Crippen LogP contribution in [0.15, 0.2) is 12.1 Å². The van der Waals surface area contributed by atoms with Crippen molar-refractivity contribution in [3.63, 3.8) is 0 Å². The molecule has 2 aromatic rings. The molecule has 0 aliphatic carbocycles. The Kier molecular flexibility index (Phi) is 7.54. The number of aryl methyl sites for hydroxylation is 2. The molecule has 6 nitrogen and oxygen atoms in total. The summed E-state index contributed by atoms with van der Waals surface area (Å²) < 4.78 is 9.95. The summed E-state index contributed by atoms with van der Waals surface area (Å²) in [7, 11) is 2.93. The normalized spacial score (nSPS) is 10.0. The van der Waals surface area contributed by atoms with Crippen LogP contribution in [0.1, 0.15) is 22.3 Å². The molecule has 2 rings (SSSR count). The Labute approximate surface area is 163 Å². The second-order valence-corrected chi connectivity index (χ2v) is 6.50. The molecule has 0 atom stereocenters. The van der Waals surface area contributed by atoms with Gasteiger partial charge in [-0.2, -0.15) is 0 Å². The zero-order valence-electron chi connectivity index (χ0n) is 15.6. The van der Waals surface area contributed by atoms with E-state index in [0.717, 1.165) is 16.7 Å². The lowest BCUT2D eigenvalue weighted by molar-refractivity contribution is -0.386. The van der Waals surface area contributed by atoms with Gasteiger partial charge in [-0.3, -0.25) is 10.1 Å². The van der Waals surface area contributed by atoms with Gasteiger partial charge in [0.1, 0.15) is 0 Å². The number of nitrogens with two attached hydrogens (primary N) is 1. The quantitative estimate of drug-likeness (QED) is 0.421. The highest BCUT2D eigenvalue weighted by Crippen LogP contribution is 2.39. The van der Waals surface area contributed by atoms with Crippen LogP contribution in [-0.4, -0.2) is 19.1 Å². The van der Waals surface area contributed by atoms with E-state index in [2.05, 4.69) is 0 Å². The number of ether oxygens (including phenoxy) is 2. The van der Waals surface area contributed by atoms with Crippen molar-refractivity contribution in [2.45, 2.75) is 27.7 Å². The van der Waals surface area contributed by atoms with Crippen molar-refractivity contribution in [2.75, 3.05) is 20.0 Å². The fraction of sp³-hybridized carbons (Fsp3) is 0.333. The van der Waals surface area contributed by atoms with Gasteiger partial charge in [0.2, 0.25) is 5.75 Å². The molecule has 0 aromatic heterocycles. The number of methoxy groups -OCH3 is 2. The number of hydrogen-bond acceptors (Lipinski definition) is 5. The Balaban J connectivity index is 0.000000263. The SMILES string of the molecule is COc1c(Cl)cc(C)c(C)c1N.COc1c(Cl)cc(C)c(C)c1[N+](=O)[O-]. The number of nitrogen functional groups attached to an aromatic ring is 1. The highest BCUT2D eigenvalue weighted by Gasteiger charge is 2.23. The van der Waals surface area contributed by atoms with E-state index in [4.69, 9.17) is 38.4 Å². The lowest BCUT2D eigenvalue weighted by atomic mass is 10.1. The van der Waals surface area contributed by atoms with Crippen LogP contribution in [-0.2, 0) is 0 Å². The van der Waals surface area contributed by atoms with Crippen molar-refractivity contribution >= 4 is 34.6 Å². The lowest BCUT2D eigenvalue weighted by Gasteiger charge is -2.11.